The Bertz CT molecular complexity index is 294. The van der Waals surface area contributed by atoms with Gasteiger partial charge in [0.15, 0.2) is 4.87 Å². The van der Waals surface area contributed by atoms with Gasteiger partial charge in [-0.1, -0.05) is 11.8 Å². The molecule has 1 atom stereocenters. The smallest absolute Gasteiger partial charge is 0.159 e. The quantitative estimate of drug-likeness (QED) is 0.583. The summed E-state index contributed by atoms with van der Waals surface area (Å²) in [7, 11) is 0. The van der Waals surface area contributed by atoms with Crippen LogP contribution in [0.2, 0.25) is 0 Å². The largest absolute Gasteiger partial charge is 0.304 e. The summed E-state index contributed by atoms with van der Waals surface area (Å²) in [6, 6.07) is 4.00. The Labute approximate surface area is 69.5 Å². The molecule has 0 saturated heterocycles. The predicted molar refractivity (Wildman–Crippen MR) is 43.1 cm³/mol. The first-order valence-electron chi connectivity index (χ1n) is 3.10. The number of nitrogens with zero attached hydrogens (tertiary/aromatic N) is 2. The minimum Gasteiger partial charge on any atom is -0.304 e. The van der Waals surface area contributed by atoms with Crippen molar-refractivity contribution in [1.29, 1.82) is 10.5 Å². The average Bonchev–Trinajstić information content (AvgIpc) is 2.27. The lowest BCUT2D eigenvalue weighted by Gasteiger charge is -2.10. The van der Waals surface area contributed by atoms with E-state index >= 15 is 0 Å². The second-order valence-corrected chi connectivity index (χ2v) is 3.84. The average molecular weight is 165 g/mol. The molecule has 0 aromatic carbocycles. The van der Waals surface area contributed by atoms with Crippen LogP contribution in [-0.4, -0.2) is 4.87 Å². The molecule has 1 heterocycles. The van der Waals surface area contributed by atoms with E-state index in [1.165, 1.54) is 0 Å². The van der Waals surface area contributed by atoms with E-state index < -0.39 is 4.87 Å². The van der Waals surface area contributed by atoms with Gasteiger partial charge in [0, 0.05) is 6.42 Å². The van der Waals surface area contributed by atoms with Crippen molar-refractivity contribution in [2.45, 2.75) is 18.2 Å². The van der Waals surface area contributed by atoms with Crippen molar-refractivity contribution in [3.8, 4) is 12.1 Å². The van der Waals surface area contributed by atoms with Crippen molar-refractivity contribution < 1.29 is 0 Å². The van der Waals surface area contributed by atoms with E-state index in [2.05, 4.69) is 0 Å². The first-order chi connectivity index (χ1) is 5.11. The topological polar surface area (TPSA) is 73.6 Å². The SMILES string of the molecule is CC1=C(C#N)SC(N)(C#N)C1. The lowest BCUT2D eigenvalue weighted by Crippen LogP contribution is -2.31. The van der Waals surface area contributed by atoms with Gasteiger partial charge in [-0.2, -0.15) is 10.5 Å². The molecule has 1 aliphatic heterocycles. The second kappa shape index (κ2) is 2.58. The zero-order valence-electron chi connectivity index (χ0n) is 6.09. The Morgan fingerprint density at radius 2 is 2.27 bits per heavy atom. The number of hydrogen-bond acceptors (Lipinski definition) is 4. The molecule has 0 saturated carbocycles. The lowest BCUT2D eigenvalue weighted by molar-refractivity contribution is 0.767. The van der Waals surface area contributed by atoms with Crippen molar-refractivity contribution in [1.82, 2.24) is 0 Å². The van der Waals surface area contributed by atoms with Gasteiger partial charge in [0.1, 0.15) is 6.07 Å². The monoisotopic (exact) mass is 165 g/mol. The Balaban J connectivity index is 2.88. The molecule has 4 heteroatoms. The molecule has 0 fully saturated rings. The molecule has 1 rings (SSSR count). The molecule has 3 nitrogen and oxygen atoms in total. The van der Waals surface area contributed by atoms with Gasteiger partial charge in [-0.05, 0) is 12.5 Å². The summed E-state index contributed by atoms with van der Waals surface area (Å²) in [5.74, 6) is 0. The Hall–Kier alpha value is -0.970. The van der Waals surface area contributed by atoms with E-state index in [-0.39, 0.29) is 0 Å². The van der Waals surface area contributed by atoms with Crippen LogP contribution in [0.15, 0.2) is 10.5 Å². The first-order valence-corrected chi connectivity index (χ1v) is 3.92. The molecular formula is C7H7N3S. The van der Waals surface area contributed by atoms with E-state index in [0.717, 1.165) is 17.3 Å². The van der Waals surface area contributed by atoms with Crippen LogP contribution < -0.4 is 5.73 Å². The molecule has 0 spiro atoms. The molecular weight excluding hydrogens is 158 g/mol. The standard InChI is InChI=1S/C7H7N3S/c1-5-2-7(10,4-9)11-6(5)3-8/h2,10H2,1H3. The molecule has 1 unspecified atom stereocenters. The minimum atomic E-state index is -0.894. The maximum atomic E-state index is 8.62. The van der Waals surface area contributed by atoms with Crippen molar-refractivity contribution in [3.05, 3.63) is 10.5 Å². The Morgan fingerprint density at radius 1 is 1.64 bits per heavy atom. The number of nitriles is 2. The Morgan fingerprint density at radius 3 is 2.55 bits per heavy atom. The number of allylic oxidation sites excluding steroid dienone is 1. The van der Waals surface area contributed by atoms with Gasteiger partial charge in [0.2, 0.25) is 0 Å². The van der Waals surface area contributed by atoms with Crippen molar-refractivity contribution in [2.75, 3.05) is 0 Å². The van der Waals surface area contributed by atoms with E-state index in [9.17, 15) is 0 Å². The summed E-state index contributed by atoms with van der Waals surface area (Å²) < 4.78 is 0. The molecule has 0 amide bonds. The summed E-state index contributed by atoms with van der Waals surface area (Å²) in [6.07, 6.45) is 0.497. The molecule has 56 valence electrons. The molecule has 11 heavy (non-hydrogen) atoms. The van der Waals surface area contributed by atoms with Gasteiger partial charge in [-0.3, -0.25) is 0 Å². The fraction of sp³-hybridized carbons (Fsp3) is 0.429. The summed E-state index contributed by atoms with van der Waals surface area (Å²) in [5, 5.41) is 17.2. The van der Waals surface area contributed by atoms with E-state index in [0.29, 0.717) is 11.3 Å². The molecule has 2 N–H and O–H groups in total. The first kappa shape index (κ1) is 8.13. The number of thioether (sulfide) groups is 1. The molecule has 0 radical (unpaired) electrons. The number of hydrogen-bond donors (Lipinski definition) is 1. The zero-order valence-corrected chi connectivity index (χ0v) is 6.90. The van der Waals surface area contributed by atoms with Crippen molar-refractivity contribution in [2.24, 2.45) is 5.73 Å². The van der Waals surface area contributed by atoms with Crippen molar-refractivity contribution in [3.63, 3.8) is 0 Å². The summed E-state index contributed by atoms with van der Waals surface area (Å²) >= 11 is 1.16. The van der Waals surface area contributed by atoms with Crippen LogP contribution in [-0.2, 0) is 0 Å². The normalized spacial score (nSPS) is 29.8. The van der Waals surface area contributed by atoms with Gasteiger partial charge in [-0.25, -0.2) is 0 Å². The molecule has 0 aromatic rings. The third-order valence-electron chi connectivity index (χ3n) is 1.49. The van der Waals surface area contributed by atoms with Gasteiger partial charge in [0.25, 0.3) is 0 Å². The fourth-order valence-corrected chi connectivity index (χ4v) is 1.95. The third-order valence-corrected chi connectivity index (χ3v) is 2.73. The molecule has 0 aliphatic carbocycles. The second-order valence-electron chi connectivity index (χ2n) is 2.50. The van der Waals surface area contributed by atoms with Gasteiger partial charge in [-0.15, -0.1) is 0 Å². The maximum Gasteiger partial charge on any atom is 0.159 e. The molecule has 0 aromatic heterocycles. The number of rotatable bonds is 0. The highest BCUT2D eigenvalue weighted by molar-refractivity contribution is 8.05. The van der Waals surface area contributed by atoms with E-state index in [1.807, 2.05) is 19.1 Å². The van der Waals surface area contributed by atoms with Gasteiger partial charge < -0.3 is 5.73 Å². The fourth-order valence-electron chi connectivity index (χ4n) is 0.960. The van der Waals surface area contributed by atoms with Crippen LogP contribution in [0.5, 0.6) is 0 Å². The van der Waals surface area contributed by atoms with Crippen LogP contribution in [0.3, 0.4) is 0 Å². The van der Waals surface area contributed by atoms with Crippen LogP contribution in [0, 0.1) is 22.7 Å². The summed E-state index contributed by atoms with van der Waals surface area (Å²) in [6.45, 7) is 1.83. The van der Waals surface area contributed by atoms with Crippen molar-refractivity contribution >= 4 is 11.8 Å². The number of nitrogens with two attached hydrogens (primary N) is 1. The minimum absolute atomic E-state index is 0.497. The predicted octanol–water partition coefficient (Wildman–Crippen LogP) is 1.10. The van der Waals surface area contributed by atoms with E-state index in [4.69, 9.17) is 16.3 Å². The highest BCUT2D eigenvalue weighted by Crippen LogP contribution is 2.41. The summed E-state index contributed by atoms with van der Waals surface area (Å²) in [4.78, 5) is -0.302. The molecule has 1 aliphatic rings. The lowest BCUT2D eigenvalue weighted by atomic mass is 10.1. The van der Waals surface area contributed by atoms with E-state index in [1.54, 1.807) is 0 Å². The van der Waals surface area contributed by atoms with Crippen LogP contribution >= 0.6 is 11.8 Å². The Kier molecular flexibility index (Phi) is 1.90. The van der Waals surface area contributed by atoms with Gasteiger partial charge in [0.05, 0.1) is 11.0 Å². The highest BCUT2D eigenvalue weighted by atomic mass is 32.2. The molecule has 0 bridgehead atoms. The third kappa shape index (κ3) is 1.37. The van der Waals surface area contributed by atoms with Crippen LogP contribution in [0.4, 0.5) is 0 Å². The van der Waals surface area contributed by atoms with Crippen LogP contribution in [0.1, 0.15) is 13.3 Å². The van der Waals surface area contributed by atoms with Crippen LogP contribution in [0.25, 0.3) is 0 Å². The summed E-state index contributed by atoms with van der Waals surface area (Å²) in [5.41, 5.74) is 6.54. The highest BCUT2D eigenvalue weighted by Gasteiger charge is 2.34. The maximum absolute atomic E-state index is 8.62. The van der Waals surface area contributed by atoms with Gasteiger partial charge >= 0.3 is 0 Å². The zero-order chi connectivity index (χ0) is 8.48.